The molecule has 2 aromatic carbocycles. The molecule has 1 unspecified atom stereocenters. The number of aryl methyl sites for hydroxylation is 4. The van der Waals surface area contributed by atoms with Crippen LogP contribution in [0.2, 0.25) is 0 Å². The number of ether oxygens (including phenoxy) is 1. The fraction of sp³-hybridized carbons (Fsp3) is 0.348. The molecule has 0 aliphatic carbocycles. The summed E-state index contributed by atoms with van der Waals surface area (Å²) in [6.45, 7) is 12.8. The Morgan fingerprint density at radius 1 is 0.960 bits per heavy atom. The summed E-state index contributed by atoms with van der Waals surface area (Å²) in [6.07, 6.45) is 1.12. The summed E-state index contributed by atoms with van der Waals surface area (Å²) in [5, 5.41) is 2.34. The third-order valence-corrected chi connectivity index (χ3v) is 4.95. The third-order valence-electron chi connectivity index (χ3n) is 4.95. The third kappa shape index (κ3) is 3.39. The van der Waals surface area contributed by atoms with Gasteiger partial charge in [-0.2, -0.15) is 0 Å². The summed E-state index contributed by atoms with van der Waals surface area (Å²) in [5.41, 5.74) is 5.90. The minimum atomic E-state index is 0.515. The normalized spacial score (nSPS) is 12.4. The first-order chi connectivity index (χ1) is 11.9. The van der Waals surface area contributed by atoms with Crippen molar-refractivity contribution in [3.05, 3.63) is 64.3 Å². The van der Waals surface area contributed by atoms with Crippen LogP contribution in [-0.2, 0) is 0 Å². The van der Waals surface area contributed by atoms with Gasteiger partial charge < -0.3 is 4.74 Å². The lowest BCUT2D eigenvalue weighted by molar-refractivity contribution is 0.460. The van der Waals surface area contributed by atoms with Crippen molar-refractivity contribution in [2.75, 3.05) is 0 Å². The molecule has 2 nitrogen and oxygen atoms in total. The van der Waals surface area contributed by atoms with Crippen molar-refractivity contribution in [3.8, 4) is 11.6 Å². The first-order valence-corrected chi connectivity index (χ1v) is 9.06. The van der Waals surface area contributed by atoms with Gasteiger partial charge in [-0.15, -0.1) is 0 Å². The van der Waals surface area contributed by atoms with Crippen molar-refractivity contribution in [1.29, 1.82) is 0 Å². The van der Waals surface area contributed by atoms with Crippen LogP contribution in [0.15, 0.2) is 36.4 Å². The Hall–Kier alpha value is -2.35. The molecule has 0 spiro atoms. The molecular weight excluding hydrogens is 306 g/mol. The average molecular weight is 333 g/mol. The number of aromatic nitrogens is 1. The van der Waals surface area contributed by atoms with Gasteiger partial charge in [0.1, 0.15) is 5.75 Å². The van der Waals surface area contributed by atoms with Gasteiger partial charge in [-0.3, -0.25) is 0 Å². The maximum atomic E-state index is 6.35. The molecule has 3 aromatic rings. The SMILES string of the molecule is CCC(C)c1cccc2c(Oc3c(C)cc(C)cc3C)nc(C)cc12. The lowest BCUT2D eigenvalue weighted by atomic mass is 9.93. The molecule has 1 aromatic heterocycles. The summed E-state index contributed by atoms with van der Waals surface area (Å²) in [7, 11) is 0. The molecule has 0 amide bonds. The van der Waals surface area contributed by atoms with E-state index in [1.165, 1.54) is 16.5 Å². The standard InChI is InChI=1S/C23H27NO/c1-7-15(3)19-9-8-10-20-21(19)13-18(6)24-23(20)25-22-16(4)11-14(2)12-17(22)5/h8-13,15H,7H2,1-6H3. The number of benzene rings is 2. The molecule has 1 heterocycles. The van der Waals surface area contributed by atoms with Crippen LogP contribution in [0.5, 0.6) is 11.6 Å². The highest BCUT2D eigenvalue weighted by Gasteiger charge is 2.15. The molecule has 2 heteroatoms. The Morgan fingerprint density at radius 3 is 2.28 bits per heavy atom. The van der Waals surface area contributed by atoms with Gasteiger partial charge in [-0.25, -0.2) is 4.98 Å². The summed E-state index contributed by atoms with van der Waals surface area (Å²) >= 11 is 0. The fourth-order valence-electron chi connectivity index (χ4n) is 3.54. The van der Waals surface area contributed by atoms with Crippen molar-refractivity contribution in [2.45, 2.75) is 53.9 Å². The van der Waals surface area contributed by atoms with E-state index in [0.29, 0.717) is 11.8 Å². The van der Waals surface area contributed by atoms with Crippen LogP contribution in [0.1, 0.15) is 54.1 Å². The monoisotopic (exact) mass is 333 g/mol. The van der Waals surface area contributed by atoms with Crippen LogP contribution in [-0.4, -0.2) is 4.98 Å². The summed E-state index contributed by atoms with van der Waals surface area (Å²) in [6, 6.07) is 12.9. The Morgan fingerprint density at radius 2 is 1.64 bits per heavy atom. The predicted octanol–water partition coefficient (Wildman–Crippen LogP) is 6.77. The second kappa shape index (κ2) is 6.87. The molecule has 130 valence electrons. The van der Waals surface area contributed by atoms with Crippen LogP contribution >= 0.6 is 0 Å². The van der Waals surface area contributed by atoms with Crippen molar-refractivity contribution < 1.29 is 4.74 Å². The number of fused-ring (bicyclic) bond motifs is 1. The number of nitrogens with zero attached hydrogens (tertiary/aromatic N) is 1. The summed E-state index contributed by atoms with van der Waals surface area (Å²) < 4.78 is 6.35. The average Bonchev–Trinajstić information content (AvgIpc) is 2.56. The van der Waals surface area contributed by atoms with E-state index in [1.807, 2.05) is 6.92 Å². The van der Waals surface area contributed by atoms with Gasteiger partial charge in [-0.1, -0.05) is 43.7 Å². The Balaban J connectivity index is 2.18. The minimum absolute atomic E-state index is 0.515. The highest BCUT2D eigenvalue weighted by Crippen LogP contribution is 2.36. The lowest BCUT2D eigenvalue weighted by Crippen LogP contribution is -1.99. The van der Waals surface area contributed by atoms with Gasteiger partial charge in [-0.05, 0) is 74.2 Å². The van der Waals surface area contributed by atoms with Gasteiger partial charge in [0, 0.05) is 11.1 Å². The first kappa shape index (κ1) is 17.5. The molecule has 0 saturated carbocycles. The van der Waals surface area contributed by atoms with Crippen molar-refractivity contribution in [2.24, 2.45) is 0 Å². The van der Waals surface area contributed by atoms with E-state index in [4.69, 9.17) is 9.72 Å². The second-order valence-electron chi connectivity index (χ2n) is 7.15. The van der Waals surface area contributed by atoms with Gasteiger partial charge in [0.2, 0.25) is 5.88 Å². The fourth-order valence-corrected chi connectivity index (χ4v) is 3.54. The zero-order valence-electron chi connectivity index (χ0n) is 16.1. The van der Waals surface area contributed by atoms with Crippen LogP contribution in [0.25, 0.3) is 10.8 Å². The highest BCUT2D eigenvalue weighted by atomic mass is 16.5. The van der Waals surface area contributed by atoms with Crippen LogP contribution in [0.3, 0.4) is 0 Å². The summed E-state index contributed by atoms with van der Waals surface area (Å²) in [5.74, 6) is 2.13. The maximum absolute atomic E-state index is 6.35. The maximum Gasteiger partial charge on any atom is 0.227 e. The van der Waals surface area contributed by atoms with Gasteiger partial charge in [0.05, 0.1) is 0 Å². The first-order valence-electron chi connectivity index (χ1n) is 9.06. The predicted molar refractivity (Wildman–Crippen MR) is 106 cm³/mol. The molecule has 25 heavy (non-hydrogen) atoms. The van der Waals surface area contributed by atoms with Crippen molar-refractivity contribution in [1.82, 2.24) is 4.98 Å². The minimum Gasteiger partial charge on any atom is -0.438 e. The number of hydrogen-bond acceptors (Lipinski definition) is 2. The van der Waals surface area contributed by atoms with E-state index in [9.17, 15) is 0 Å². The molecule has 0 saturated heterocycles. The van der Waals surface area contributed by atoms with Crippen LogP contribution in [0.4, 0.5) is 0 Å². The van der Waals surface area contributed by atoms with E-state index in [2.05, 4.69) is 71.0 Å². The topological polar surface area (TPSA) is 22.1 Å². The molecule has 0 N–H and O–H groups in total. The van der Waals surface area contributed by atoms with Gasteiger partial charge in [0.25, 0.3) is 0 Å². The zero-order valence-corrected chi connectivity index (χ0v) is 16.1. The Bertz CT molecular complexity index is 904. The number of pyridine rings is 1. The molecule has 0 aliphatic heterocycles. The van der Waals surface area contributed by atoms with E-state index in [0.717, 1.165) is 34.4 Å². The molecule has 0 fully saturated rings. The van der Waals surface area contributed by atoms with Crippen molar-refractivity contribution >= 4 is 10.8 Å². The molecule has 1 atom stereocenters. The highest BCUT2D eigenvalue weighted by molar-refractivity contribution is 5.90. The van der Waals surface area contributed by atoms with E-state index in [1.54, 1.807) is 0 Å². The lowest BCUT2D eigenvalue weighted by Gasteiger charge is -2.17. The Labute approximate surface area is 150 Å². The quantitative estimate of drug-likeness (QED) is 0.525. The molecule has 0 bridgehead atoms. The smallest absolute Gasteiger partial charge is 0.227 e. The van der Waals surface area contributed by atoms with Gasteiger partial charge in [0.15, 0.2) is 0 Å². The van der Waals surface area contributed by atoms with Crippen LogP contribution < -0.4 is 4.74 Å². The zero-order chi connectivity index (χ0) is 18.1. The molecule has 3 rings (SSSR count). The molecule has 0 aliphatic rings. The van der Waals surface area contributed by atoms with E-state index >= 15 is 0 Å². The van der Waals surface area contributed by atoms with Gasteiger partial charge >= 0.3 is 0 Å². The largest absolute Gasteiger partial charge is 0.438 e. The Kier molecular flexibility index (Phi) is 4.80. The van der Waals surface area contributed by atoms with Crippen LogP contribution in [0, 0.1) is 27.7 Å². The van der Waals surface area contributed by atoms with E-state index in [-0.39, 0.29) is 0 Å². The molecular formula is C23H27NO. The number of hydrogen-bond donors (Lipinski definition) is 0. The van der Waals surface area contributed by atoms with Crippen molar-refractivity contribution in [3.63, 3.8) is 0 Å². The second-order valence-corrected chi connectivity index (χ2v) is 7.15. The van der Waals surface area contributed by atoms with E-state index < -0.39 is 0 Å². The molecule has 0 radical (unpaired) electrons. The number of rotatable bonds is 4. The summed E-state index contributed by atoms with van der Waals surface area (Å²) in [4.78, 5) is 4.71.